The van der Waals surface area contributed by atoms with Crippen LogP contribution in [-0.2, 0) is 10.9 Å². The molecule has 2 heterocycles. The van der Waals surface area contributed by atoms with Gasteiger partial charge in [0.25, 0.3) is 0 Å². The molecule has 0 aliphatic carbocycles. The molecule has 0 radical (unpaired) electrons. The van der Waals surface area contributed by atoms with Gasteiger partial charge in [-0.15, -0.1) is 0 Å². The molecule has 0 atom stereocenters. The molecule has 0 aliphatic heterocycles. The number of carbonyl (C=O) groups excluding carboxylic acids is 1. The second-order valence-electron chi connectivity index (χ2n) is 7.27. The van der Waals surface area contributed by atoms with Gasteiger partial charge in [0, 0.05) is 18.0 Å². The van der Waals surface area contributed by atoms with Crippen LogP contribution in [-0.4, -0.2) is 26.6 Å². The number of anilines is 1. The van der Waals surface area contributed by atoms with E-state index in [1.807, 2.05) is 0 Å². The minimum atomic E-state index is -4.52. The average molecular weight is 420 g/mol. The highest BCUT2D eigenvalue weighted by atomic mass is 19.4. The number of rotatable bonds is 4. The van der Waals surface area contributed by atoms with Crippen LogP contribution in [0.1, 0.15) is 26.5 Å². The first kappa shape index (κ1) is 21.2. The topological polar surface area (TPSA) is 89.1 Å². The lowest BCUT2D eigenvalue weighted by Crippen LogP contribution is -2.27. The fourth-order valence-electron chi connectivity index (χ4n) is 2.36. The number of nitrogens with zero attached hydrogens (tertiary/aromatic N) is 2. The number of nitrogens with one attached hydrogen (secondary N) is 2. The molecular weight excluding hydrogens is 401 g/mol. The molecule has 2 aromatic heterocycles. The number of halogens is 3. The number of alkyl halides is 3. The normalized spacial score (nSPS) is 11.8. The zero-order chi connectivity index (χ0) is 21.9. The van der Waals surface area contributed by atoms with E-state index in [1.165, 1.54) is 12.3 Å². The summed E-state index contributed by atoms with van der Waals surface area (Å²) in [6, 6.07) is 9.53. The van der Waals surface area contributed by atoms with E-state index in [9.17, 15) is 18.0 Å². The summed E-state index contributed by atoms with van der Waals surface area (Å²) in [5, 5.41) is 2.60. The molecule has 1 amide bonds. The lowest BCUT2D eigenvalue weighted by Gasteiger charge is -2.19. The minimum Gasteiger partial charge on any atom is -0.457 e. The molecule has 0 bridgehead atoms. The maximum atomic E-state index is 12.7. The molecular formula is C20H19F3N4O3. The number of carbonyl (C=O) groups is 1. The van der Waals surface area contributed by atoms with Crippen LogP contribution in [0.15, 0.2) is 48.8 Å². The second-order valence-corrected chi connectivity index (χ2v) is 7.27. The third-order valence-corrected chi connectivity index (χ3v) is 3.59. The summed E-state index contributed by atoms with van der Waals surface area (Å²) < 4.78 is 49.1. The minimum absolute atomic E-state index is 0.0234. The van der Waals surface area contributed by atoms with Crippen LogP contribution in [0, 0.1) is 0 Å². The molecule has 7 nitrogen and oxygen atoms in total. The number of ether oxygens (including phenoxy) is 2. The monoisotopic (exact) mass is 420 g/mol. The molecule has 0 saturated heterocycles. The third-order valence-electron chi connectivity index (χ3n) is 3.59. The van der Waals surface area contributed by atoms with Gasteiger partial charge >= 0.3 is 12.3 Å². The zero-order valence-electron chi connectivity index (χ0n) is 16.4. The van der Waals surface area contributed by atoms with E-state index in [-0.39, 0.29) is 11.5 Å². The van der Waals surface area contributed by atoms with Crippen molar-refractivity contribution in [3.8, 4) is 23.0 Å². The Morgan fingerprint density at radius 3 is 2.33 bits per heavy atom. The molecule has 3 rings (SSSR count). The standard InChI is InChI=1S/C20H19F3N4O3/c1-19(2,3)30-18(28)26-12-4-6-13(7-5-12)29-14-8-9-24-15(10-14)17-25-11-16(27-17)20(21,22)23/h4-11H,1-3H3,(H,25,27)(H,26,28). The van der Waals surface area contributed by atoms with Gasteiger partial charge in [-0.3, -0.25) is 10.3 Å². The predicted octanol–water partition coefficient (Wildman–Crippen LogP) is 5.63. The van der Waals surface area contributed by atoms with Gasteiger partial charge in [0.05, 0.1) is 6.20 Å². The lowest BCUT2D eigenvalue weighted by molar-refractivity contribution is -0.140. The van der Waals surface area contributed by atoms with Crippen LogP contribution in [0.25, 0.3) is 11.5 Å². The number of hydrogen-bond donors (Lipinski definition) is 2. The van der Waals surface area contributed by atoms with E-state index in [0.717, 1.165) is 0 Å². The van der Waals surface area contributed by atoms with Crippen LogP contribution < -0.4 is 10.1 Å². The first-order valence-corrected chi connectivity index (χ1v) is 8.86. The van der Waals surface area contributed by atoms with E-state index in [0.29, 0.717) is 23.4 Å². The Morgan fingerprint density at radius 1 is 1.03 bits per heavy atom. The Labute approximate surface area is 170 Å². The summed E-state index contributed by atoms with van der Waals surface area (Å²) in [4.78, 5) is 21.7. The van der Waals surface area contributed by atoms with Crippen molar-refractivity contribution in [2.24, 2.45) is 0 Å². The van der Waals surface area contributed by atoms with Crippen molar-refractivity contribution in [1.82, 2.24) is 15.0 Å². The van der Waals surface area contributed by atoms with Crippen LogP contribution in [0.4, 0.5) is 23.7 Å². The number of aromatic amines is 1. The van der Waals surface area contributed by atoms with Gasteiger partial charge in [-0.05, 0) is 51.1 Å². The van der Waals surface area contributed by atoms with Crippen molar-refractivity contribution in [2.75, 3.05) is 5.32 Å². The molecule has 158 valence electrons. The maximum absolute atomic E-state index is 12.7. The molecule has 3 aromatic rings. The van der Waals surface area contributed by atoms with Crippen molar-refractivity contribution >= 4 is 11.8 Å². The number of imidazole rings is 1. The van der Waals surface area contributed by atoms with Gasteiger partial charge in [-0.2, -0.15) is 13.2 Å². The smallest absolute Gasteiger partial charge is 0.432 e. The second kappa shape index (κ2) is 8.05. The summed E-state index contributed by atoms with van der Waals surface area (Å²) in [5.41, 5.74) is -0.853. The Kier molecular flexibility index (Phi) is 5.68. The van der Waals surface area contributed by atoms with Crippen molar-refractivity contribution in [3.63, 3.8) is 0 Å². The van der Waals surface area contributed by atoms with E-state index in [2.05, 4.69) is 20.3 Å². The number of hydrogen-bond acceptors (Lipinski definition) is 5. The van der Waals surface area contributed by atoms with Crippen LogP contribution in [0.2, 0.25) is 0 Å². The van der Waals surface area contributed by atoms with Gasteiger partial charge in [-0.25, -0.2) is 9.78 Å². The predicted molar refractivity (Wildman–Crippen MR) is 103 cm³/mol. The number of pyridine rings is 1. The maximum Gasteiger partial charge on any atom is 0.432 e. The van der Waals surface area contributed by atoms with E-state index in [4.69, 9.17) is 9.47 Å². The van der Waals surface area contributed by atoms with Gasteiger partial charge in [0.2, 0.25) is 0 Å². The highest BCUT2D eigenvalue weighted by molar-refractivity contribution is 5.84. The van der Waals surface area contributed by atoms with Crippen molar-refractivity contribution < 1.29 is 27.4 Å². The van der Waals surface area contributed by atoms with Gasteiger partial charge in [0.1, 0.15) is 28.5 Å². The van der Waals surface area contributed by atoms with Crippen LogP contribution in [0.5, 0.6) is 11.5 Å². The highest BCUT2D eigenvalue weighted by Crippen LogP contribution is 2.30. The number of aromatic nitrogens is 3. The summed E-state index contributed by atoms with van der Waals surface area (Å²) in [6.07, 6.45) is -2.99. The highest BCUT2D eigenvalue weighted by Gasteiger charge is 2.33. The van der Waals surface area contributed by atoms with Crippen LogP contribution in [0.3, 0.4) is 0 Å². The van der Waals surface area contributed by atoms with Crippen molar-refractivity contribution in [2.45, 2.75) is 32.5 Å². The molecule has 0 fully saturated rings. The molecule has 10 heteroatoms. The lowest BCUT2D eigenvalue weighted by atomic mass is 10.2. The van der Waals surface area contributed by atoms with E-state index in [1.54, 1.807) is 51.1 Å². The van der Waals surface area contributed by atoms with Gasteiger partial charge in [-0.1, -0.05) is 0 Å². The fourth-order valence-corrected chi connectivity index (χ4v) is 2.36. The quantitative estimate of drug-likeness (QED) is 0.571. The van der Waals surface area contributed by atoms with Crippen molar-refractivity contribution in [1.29, 1.82) is 0 Å². The van der Waals surface area contributed by atoms with Crippen LogP contribution >= 0.6 is 0 Å². The summed E-state index contributed by atoms with van der Waals surface area (Å²) in [6.45, 7) is 5.29. The molecule has 0 saturated carbocycles. The first-order chi connectivity index (χ1) is 14.0. The largest absolute Gasteiger partial charge is 0.457 e. The molecule has 2 N–H and O–H groups in total. The Bertz CT molecular complexity index is 1020. The fraction of sp³-hybridized carbons (Fsp3) is 0.250. The molecule has 1 aromatic carbocycles. The van der Waals surface area contributed by atoms with Crippen molar-refractivity contribution in [3.05, 3.63) is 54.5 Å². The number of amides is 1. The number of H-pyrrole nitrogens is 1. The molecule has 0 spiro atoms. The Balaban J connectivity index is 1.68. The van der Waals surface area contributed by atoms with E-state index < -0.39 is 23.6 Å². The molecule has 30 heavy (non-hydrogen) atoms. The van der Waals surface area contributed by atoms with Gasteiger partial charge in [0.15, 0.2) is 5.82 Å². The average Bonchev–Trinajstić information content (AvgIpc) is 3.13. The Morgan fingerprint density at radius 2 is 1.73 bits per heavy atom. The number of benzene rings is 1. The zero-order valence-corrected chi connectivity index (χ0v) is 16.4. The van der Waals surface area contributed by atoms with Gasteiger partial charge < -0.3 is 14.5 Å². The summed E-state index contributed by atoms with van der Waals surface area (Å²) >= 11 is 0. The van der Waals surface area contributed by atoms with E-state index >= 15 is 0 Å². The molecule has 0 unspecified atom stereocenters. The summed E-state index contributed by atoms with van der Waals surface area (Å²) in [5.74, 6) is 0.791. The Hall–Kier alpha value is -3.56. The molecule has 0 aliphatic rings. The SMILES string of the molecule is CC(C)(C)OC(=O)Nc1ccc(Oc2ccnc(-c3ncc(C(F)(F)F)[nH]3)c2)cc1. The third kappa shape index (κ3) is 5.72. The first-order valence-electron chi connectivity index (χ1n) is 8.86. The summed E-state index contributed by atoms with van der Waals surface area (Å²) in [7, 11) is 0.